The molecule has 0 radical (unpaired) electrons. The number of nitrogens with zero attached hydrogens (tertiary/aromatic N) is 1. The van der Waals surface area contributed by atoms with E-state index in [9.17, 15) is 18.8 Å². The molecular weight excluding hydrogens is 352 g/mol. The molecule has 1 fully saturated rings. The molecular formula is C21H25F2NO3. The smallest absolute Gasteiger partial charge is 0.345 e. The highest BCUT2D eigenvalue weighted by atomic mass is 19.3. The molecule has 0 saturated heterocycles. The second-order valence-electron chi connectivity index (χ2n) is 7.97. The van der Waals surface area contributed by atoms with Crippen molar-refractivity contribution in [2.24, 2.45) is 17.3 Å². The van der Waals surface area contributed by atoms with Crippen LogP contribution in [0.5, 0.6) is 0 Å². The number of carbonyl (C=O) groups excluding carboxylic acids is 1. The van der Waals surface area contributed by atoms with Crippen molar-refractivity contribution in [1.29, 1.82) is 5.26 Å². The van der Waals surface area contributed by atoms with E-state index in [-0.39, 0.29) is 29.8 Å². The van der Waals surface area contributed by atoms with Gasteiger partial charge < -0.3 is 9.47 Å². The van der Waals surface area contributed by atoms with Crippen LogP contribution in [-0.4, -0.2) is 25.3 Å². The molecule has 1 spiro atoms. The quantitative estimate of drug-likeness (QED) is 0.729. The Morgan fingerprint density at radius 3 is 2.56 bits per heavy atom. The first-order chi connectivity index (χ1) is 12.8. The summed E-state index contributed by atoms with van der Waals surface area (Å²) < 4.78 is 35.9. The van der Waals surface area contributed by atoms with E-state index in [2.05, 4.69) is 6.07 Å². The third-order valence-electron chi connectivity index (χ3n) is 6.10. The third kappa shape index (κ3) is 3.58. The average Bonchev–Trinajstić information content (AvgIpc) is 2.90. The number of nitriles is 1. The first-order valence-electron chi connectivity index (χ1n) is 9.44. The van der Waals surface area contributed by atoms with Gasteiger partial charge in [0.2, 0.25) is 0 Å². The number of ether oxygens (including phenoxy) is 2. The lowest BCUT2D eigenvalue weighted by atomic mass is 9.59. The van der Waals surface area contributed by atoms with Gasteiger partial charge in [-0.1, -0.05) is 19.9 Å². The van der Waals surface area contributed by atoms with Gasteiger partial charge in [-0.2, -0.15) is 14.0 Å². The highest BCUT2D eigenvalue weighted by Crippen LogP contribution is 2.58. The Morgan fingerprint density at radius 2 is 2.00 bits per heavy atom. The molecule has 6 heteroatoms. The summed E-state index contributed by atoms with van der Waals surface area (Å²) in [7, 11) is 0. The predicted octanol–water partition coefficient (Wildman–Crippen LogP) is 4.42. The number of benzene rings is 1. The molecule has 0 bridgehead atoms. The van der Waals surface area contributed by atoms with Gasteiger partial charge in [-0.3, -0.25) is 4.79 Å². The molecule has 0 amide bonds. The standard InChI is InChI=1S/C21H25F2NO3/c1-4-26-19(25)17-16-7-14(11-24)5-6-15(16)10-21(17)8-12(2)18(13(3)9-21)27-20(22)23/h5-7,12-13,17-18,20H,4,8-10H2,1-3H3. The zero-order valence-electron chi connectivity index (χ0n) is 15.9. The van der Waals surface area contributed by atoms with Gasteiger partial charge in [-0.05, 0) is 66.7 Å². The molecule has 0 aromatic heterocycles. The minimum Gasteiger partial charge on any atom is -0.466 e. The van der Waals surface area contributed by atoms with E-state index >= 15 is 0 Å². The van der Waals surface area contributed by atoms with Crippen molar-refractivity contribution in [2.75, 3.05) is 6.61 Å². The summed E-state index contributed by atoms with van der Waals surface area (Å²) in [5.41, 5.74) is 2.01. The van der Waals surface area contributed by atoms with Gasteiger partial charge in [0.15, 0.2) is 0 Å². The summed E-state index contributed by atoms with van der Waals surface area (Å²) in [6, 6.07) is 7.58. The van der Waals surface area contributed by atoms with E-state index < -0.39 is 18.6 Å². The normalized spacial score (nSPS) is 32.3. The first kappa shape index (κ1) is 19.8. The molecule has 0 heterocycles. The molecule has 2 aliphatic rings. The molecule has 3 unspecified atom stereocenters. The molecule has 4 nitrogen and oxygen atoms in total. The summed E-state index contributed by atoms with van der Waals surface area (Å²) in [6.45, 7) is 3.08. The number of alkyl halides is 2. The van der Waals surface area contributed by atoms with Gasteiger partial charge in [0, 0.05) is 0 Å². The topological polar surface area (TPSA) is 59.3 Å². The minimum atomic E-state index is -2.80. The van der Waals surface area contributed by atoms with E-state index in [1.54, 1.807) is 19.1 Å². The zero-order chi connectivity index (χ0) is 19.8. The van der Waals surface area contributed by atoms with Crippen LogP contribution in [0.2, 0.25) is 0 Å². The summed E-state index contributed by atoms with van der Waals surface area (Å²) in [5, 5.41) is 9.25. The van der Waals surface area contributed by atoms with Crippen LogP contribution in [-0.2, 0) is 20.7 Å². The number of carbonyl (C=O) groups is 1. The third-order valence-corrected chi connectivity index (χ3v) is 6.10. The van der Waals surface area contributed by atoms with E-state index in [1.165, 1.54) is 0 Å². The van der Waals surface area contributed by atoms with Crippen LogP contribution in [0.1, 0.15) is 56.2 Å². The molecule has 3 atom stereocenters. The highest BCUT2D eigenvalue weighted by molar-refractivity contribution is 5.81. The molecule has 146 valence electrons. The summed E-state index contributed by atoms with van der Waals surface area (Å²) in [6.07, 6.45) is 1.37. The average molecular weight is 377 g/mol. The lowest BCUT2D eigenvalue weighted by Crippen LogP contribution is -2.46. The van der Waals surface area contributed by atoms with Crippen LogP contribution in [0.4, 0.5) is 8.78 Å². The highest BCUT2D eigenvalue weighted by Gasteiger charge is 2.55. The van der Waals surface area contributed by atoms with Crippen LogP contribution in [0, 0.1) is 28.6 Å². The molecule has 0 N–H and O–H groups in total. The van der Waals surface area contributed by atoms with Crippen LogP contribution in [0.3, 0.4) is 0 Å². The molecule has 27 heavy (non-hydrogen) atoms. The Labute approximate surface area is 158 Å². The number of hydrogen-bond acceptors (Lipinski definition) is 4. The molecule has 1 aromatic rings. The van der Waals surface area contributed by atoms with E-state index in [0.717, 1.165) is 11.1 Å². The Kier molecular flexibility index (Phi) is 5.53. The molecule has 1 saturated carbocycles. The van der Waals surface area contributed by atoms with Gasteiger partial charge in [0.1, 0.15) is 0 Å². The molecule has 1 aromatic carbocycles. The fourth-order valence-corrected chi connectivity index (χ4v) is 5.43. The fourth-order valence-electron chi connectivity index (χ4n) is 5.43. The Balaban J connectivity index is 1.99. The van der Waals surface area contributed by atoms with Crippen molar-refractivity contribution in [3.8, 4) is 6.07 Å². The number of hydrogen-bond donors (Lipinski definition) is 0. The van der Waals surface area contributed by atoms with Gasteiger partial charge in [0.05, 0.1) is 30.3 Å². The molecule has 3 rings (SSSR count). The monoisotopic (exact) mass is 377 g/mol. The van der Waals surface area contributed by atoms with Crippen molar-refractivity contribution in [2.45, 2.75) is 58.7 Å². The van der Waals surface area contributed by atoms with Crippen LogP contribution < -0.4 is 0 Å². The molecule has 2 aliphatic carbocycles. The van der Waals surface area contributed by atoms with Crippen molar-refractivity contribution in [3.63, 3.8) is 0 Å². The number of rotatable bonds is 4. The Bertz CT molecular complexity index is 746. The largest absolute Gasteiger partial charge is 0.466 e. The fraction of sp³-hybridized carbons (Fsp3) is 0.619. The van der Waals surface area contributed by atoms with E-state index in [0.29, 0.717) is 24.8 Å². The summed E-state index contributed by atoms with van der Waals surface area (Å²) >= 11 is 0. The minimum absolute atomic E-state index is 0.107. The second kappa shape index (κ2) is 7.55. The number of esters is 1. The predicted molar refractivity (Wildman–Crippen MR) is 95.1 cm³/mol. The number of halogens is 2. The van der Waals surface area contributed by atoms with Crippen molar-refractivity contribution < 1.29 is 23.0 Å². The lowest BCUT2D eigenvalue weighted by molar-refractivity contribution is -0.206. The Morgan fingerprint density at radius 1 is 1.33 bits per heavy atom. The molecule has 0 aliphatic heterocycles. The van der Waals surface area contributed by atoms with E-state index in [4.69, 9.17) is 9.47 Å². The SMILES string of the molecule is CCOC(=O)C1c2cc(C#N)ccc2CC12CC(C)C(OC(F)F)C(C)C2. The Hall–Kier alpha value is -2.00. The van der Waals surface area contributed by atoms with Crippen molar-refractivity contribution >= 4 is 5.97 Å². The maximum absolute atomic E-state index is 12.9. The van der Waals surface area contributed by atoms with Crippen LogP contribution in [0.15, 0.2) is 18.2 Å². The van der Waals surface area contributed by atoms with Gasteiger partial charge in [0.25, 0.3) is 0 Å². The van der Waals surface area contributed by atoms with Crippen LogP contribution in [0.25, 0.3) is 0 Å². The van der Waals surface area contributed by atoms with Crippen molar-refractivity contribution in [1.82, 2.24) is 0 Å². The summed E-state index contributed by atoms with van der Waals surface area (Å²) in [5.74, 6) is -0.981. The van der Waals surface area contributed by atoms with Gasteiger partial charge in [-0.15, -0.1) is 0 Å². The number of fused-ring (bicyclic) bond motifs is 1. The maximum atomic E-state index is 12.9. The van der Waals surface area contributed by atoms with Crippen molar-refractivity contribution in [3.05, 3.63) is 34.9 Å². The summed E-state index contributed by atoms with van der Waals surface area (Å²) in [4.78, 5) is 12.9. The first-order valence-corrected chi connectivity index (χ1v) is 9.44. The maximum Gasteiger partial charge on any atom is 0.345 e. The van der Waals surface area contributed by atoms with Crippen LogP contribution >= 0.6 is 0 Å². The van der Waals surface area contributed by atoms with Gasteiger partial charge in [-0.25, -0.2) is 0 Å². The lowest BCUT2D eigenvalue weighted by Gasteiger charge is -2.47. The van der Waals surface area contributed by atoms with E-state index in [1.807, 2.05) is 19.9 Å². The zero-order valence-corrected chi connectivity index (χ0v) is 15.9. The second-order valence-corrected chi connectivity index (χ2v) is 7.97. The van der Waals surface area contributed by atoms with Gasteiger partial charge >= 0.3 is 12.6 Å².